The molecule has 0 saturated heterocycles. The molecule has 0 radical (unpaired) electrons. The molecule has 3 aromatic carbocycles. The van der Waals surface area contributed by atoms with Gasteiger partial charge in [-0.3, -0.25) is 9.48 Å². The van der Waals surface area contributed by atoms with Gasteiger partial charge in [0.25, 0.3) is 5.91 Å². The molecule has 0 fully saturated rings. The van der Waals surface area contributed by atoms with Crippen LogP contribution < -0.4 is 14.8 Å². The van der Waals surface area contributed by atoms with Crippen LogP contribution in [0.3, 0.4) is 0 Å². The summed E-state index contributed by atoms with van der Waals surface area (Å²) in [5.41, 5.74) is 3.44. The number of hydrogen-bond donors (Lipinski definition) is 1. The predicted molar refractivity (Wildman–Crippen MR) is 124 cm³/mol. The van der Waals surface area contributed by atoms with Crippen LogP contribution in [-0.4, -0.2) is 29.9 Å². The fourth-order valence-corrected chi connectivity index (χ4v) is 3.85. The summed E-state index contributed by atoms with van der Waals surface area (Å²) in [5.74, 6) is 1.38. The SMILES string of the molecule is COc1cccc(Cn2ncc3ccc(C(=O)NCc4cc(Br)ccc4OC)cc32)c1. The standard InChI is InChI=1S/C24H22BrN3O3/c1-30-21-5-3-4-16(10-21)15-28-22-12-17(6-7-18(22)14-27-28)24(29)26-13-19-11-20(25)8-9-23(19)31-2/h3-12,14H,13,15H2,1-2H3,(H,26,29). The van der Waals surface area contributed by atoms with E-state index in [4.69, 9.17) is 9.47 Å². The Morgan fingerprint density at radius 2 is 1.94 bits per heavy atom. The van der Waals surface area contributed by atoms with E-state index in [2.05, 4.69) is 26.3 Å². The lowest BCUT2D eigenvalue weighted by molar-refractivity contribution is 0.0951. The lowest BCUT2D eigenvalue weighted by Gasteiger charge is -2.11. The number of ether oxygens (including phenoxy) is 2. The average Bonchev–Trinajstić information content (AvgIpc) is 3.19. The van der Waals surface area contributed by atoms with Gasteiger partial charge in [-0.1, -0.05) is 34.1 Å². The maximum atomic E-state index is 12.8. The van der Waals surface area contributed by atoms with E-state index in [-0.39, 0.29) is 5.91 Å². The molecule has 0 saturated carbocycles. The second-order valence-corrected chi connectivity index (χ2v) is 7.98. The van der Waals surface area contributed by atoms with Gasteiger partial charge in [0.1, 0.15) is 11.5 Å². The zero-order valence-electron chi connectivity index (χ0n) is 17.3. The van der Waals surface area contributed by atoms with Crippen molar-refractivity contribution >= 4 is 32.7 Å². The molecular formula is C24H22BrN3O3. The van der Waals surface area contributed by atoms with Crippen molar-refractivity contribution in [2.75, 3.05) is 14.2 Å². The van der Waals surface area contributed by atoms with Crippen molar-refractivity contribution in [2.24, 2.45) is 0 Å². The Labute approximate surface area is 188 Å². The second-order valence-electron chi connectivity index (χ2n) is 7.07. The first kappa shape index (κ1) is 20.9. The highest BCUT2D eigenvalue weighted by Gasteiger charge is 2.12. The van der Waals surface area contributed by atoms with Crippen molar-refractivity contribution in [1.82, 2.24) is 15.1 Å². The minimum Gasteiger partial charge on any atom is -0.497 e. The first-order valence-corrected chi connectivity index (χ1v) is 10.6. The minimum atomic E-state index is -0.155. The number of aromatic nitrogens is 2. The van der Waals surface area contributed by atoms with Gasteiger partial charge in [-0.15, -0.1) is 0 Å². The zero-order chi connectivity index (χ0) is 21.8. The number of hydrogen-bond acceptors (Lipinski definition) is 4. The van der Waals surface area contributed by atoms with Crippen LogP contribution in [0.4, 0.5) is 0 Å². The summed E-state index contributed by atoms with van der Waals surface area (Å²) in [6.45, 7) is 0.948. The number of halogens is 1. The van der Waals surface area contributed by atoms with Gasteiger partial charge in [0.15, 0.2) is 0 Å². The minimum absolute atomic E-state index is 0.155. The molecule has 158 valence electrons. The molecule has 0 bridgehead atoms. The van der Waals surface area contributed by atoms with E-state index in [1.807, 2.05) is 71.5 Å². The zero-order valence-corrected chi connectivity index (χ0v) is 18.8. The lowest BCUT2D eigenvalue weighted by atomic mass is 10.1. The molecule has 0 spiro atoms. The van der Waals surface area contributed by atoms with E-state index in [9.17, 15) is 4.79 Å². The summed E-state index contributed by atoms with van der Waals surface area (Å²) in [6.07, 6.45) is 1.81. The van der Waals surface area contributed by atoms with Crippen molar-refractivity contribution in [3.63, 3.8) is 0 Å². The molecule has 1 amide bonds. The molecule has 0 unspecified atom stereocenters. The quantitative estimate of drug-likeness (QED) is 0.413. The number of fused-ring (bicyclic) bond motifs is 1. The van der Waals surface area contributed by atoms with Crippen LogP contribution in [-0.2, 0) is 13.1 Å². The largest absolute Gasteiger partial charge is 0.497 e. The molecule has 6 nitrogen and oxygen atoms in total. The highest BCUT2D eigenvalue weighted by atomic mass is 79.9. The number of carbonyl (C=O) groups excluding carboxylic acids is 1. The van der Waals surface area contributed by atoms with Crippen LogP contribution in [0.25, 0.3) is 10.9 Å². The molecule has 1 aromatic heterocycles. The molecule has 31 heavy (non-hydrogen) atoms. The summed E-state index contributed by atoms with van der Waals surface area (Å²) in [4.78, 5) is 12.8. The number of nitrogens with one attached hydrogen (secondary N) is 1. The van der Waals surface area contributed by atoms with Crippen LogP contribution in [0.1, 0.15) is 21.5 Å². The molecule has 1 heterocycles. The average molecular weight is 480 g/mol. The highest BCUT2D eigenvalue weighted by Crippen LogP contribution is 2.23. The van der Waals surface area contributed by atoms with E-state index in [1.54, 1.807) is 14.2 Å². The van der Waals surface area contributed by atoms with E-state index < -0.39 is 0 Å². The fourth-order valence-electron chi connectivity index (χ4n) is 3.44. The van der Waals surface area contributed by atoms with Gasteiger partial charge in [-0.2, -0.15) is 5.10 Å². The molecule has 1 N–H and O–H groups in total. The van der Waals surface area contributed by atoms with Crippen LogP contribution in [0.5, 0.6) is 11.5 Å². The molecule has 0 aliphatic rings. The lowest BCUT2D eigenvalue weighted by Crippen LogP contribution is -2.23. The van der Waals surface area contributed by atoms with Crippen LogP contribution >= 0.6 is 15.9 Å². The predicted octanol–water partition coefficient (Wildman–Crippen LogP) is 4.79. The normalized spacial score (nSPS) is 10.8. The topological polar surface area (TPSA) is 65.4 Å². The molecular weight excluding hydrogens is 458 g/mol. The number of carbonyl (C=O) groups is 1. The summed E-state index contributed by atoms with van der Waals surface area (Å²) in [7, 11) is 3.27. The maximum absolute atomic E-state index is 12.8. The molecule has 0 aliphatic heterocycles. The van der Waals surface area contributed by atoms with Crippen molar-refractivity contribution < 1.29 is 14.3 Å². The Hall–Kier alpha value is -3.32. The summed E-state index contributed by atoms with van der Waals surface area (Å²) in [5, 5.41) is 8.45. The van der Waals surface area contributed by atoms with Gasteiger partial charge in [-0.05, 0) is 48.0 Å². The molecule has 0 aliphatic carbocycles. The first-order valence-electron chi connectivity index (χ1n) is 9.76. The van der Waals surface area contributed by atoms with E-state index >= 15 is 0 Å². The van der Waals surface area contributed by atoms with Gasteiger partial charge in [0.2, 0.25) is 0 Å². The van der Waals surface area contributed by atoms with Crippen molar-refractivity contribution in [3.8, 4) is 11.5 Å². The van der Waals surface area contributed by atoms with E-state index in [1.165, 1.54) is 0 Å². The number of rotatable bonds is 7. The van der Waals surface area contributed by atoms with E-state index in [0.717, 1.165) is 38.0 Å². The molecule has 7 heteroatoms. The van der Waals surface area contributed by atoms with E-state index in [0.29, 0.717) is 18.7 Å². The van der Waals surface area contributed by atoms with Crippen molar-refractivity contribution in [1.29, 1.82) is 0 Å². The van der Waals surface area contributed by atoms with Crippen LogP contribution in [0.2, 0.25) is 0 Å². The molecule has 0 atom stereocenters. The Balaban J connectivity index is 1.54. The monoisotopic (exact) mass is 479 g/mol. The van der Waals surface area contributed by atoms with Gasteiger partial charge in [0, 0.05) is 27.5 Å². The van der Waals surface area contributed by atoms with Gasteiger partial charge >= 0.3 is 0 Å². The van der Waals surface area contributed by atoms with Gasteiger partial charge in [-0.25, -0.2) is 0 Å². The Morgan fingerprint density at radius 3 is 2.74 bits per heavy atom. The smallest absolute Gasteiger partial charge is 0.251 e. The first-order chi connectivity index (χ1) is 15.1. The molecule has 4 rings (SSSR count). The second kappa shape index (κ2) is 9.22. The van der Waals surface area contributed by atoms with Crippen LogP contribution in [0, 0.1) is 0 Å². The van der Waals surface area contributed by atoms with Crippen molar-refractivity contribution in [2.45, 2.75) is 13.1 Å². The number of benzene rings is 3. The number of methoxy groups -OCH3 is 2. The Kier molecular flexibility index (Phi) is 6.23. The Morgan fingerprint density at radius 1 is 1.06 bits per heavy atom. The number of nitrogens with zero attached hydrogens (tertiary/aromatic N) is 2. The molecule has 4 aromatic rings. The van der Waals surface area contributed by atoms with Crippen molar-refractivity contribution in [3.05, 3.63) is 88.0 Å². The summed E-state index contributed by atoms with van der Waals surface area (Å²) in [6, 6.07) is 19.2. The summed E-state index contributed by atoms with van der Waals surface area (Å²) < 4.78 is 13.5. The Bertz CT molecular complexity index is 1240. The fraction of sp³-hybridized carbons (Fsp3) is 0.167. The summed E-state index contributed by atoms with van der Waals surface area (Å²) >= 11 is 3.46. The third-order valence-corrected chi connectivity index (χ3v) is 5.55. The third-order valence-electron chi connectivity index (χ3n) is 5.06. The number of amides is 1. The highest BCUT2D eigenvalue weighted by molar-refractivity contribution is 9.10. The van der Waals surface area contributed by atoms with Gasteiger partial charge < -0.3 is 14.8 Å². The van der Waals surface area contributed by atoms with Crippen LogP contribution in [0.15, 0.2) is 71.3 Å². The maximum Gasteiger partial charge on any atom is 0.251 e. The van der Waals surface area contributed by atoms with Gasteiger partial charge in [0.05, 0.1) is 32.5 Å². The third kappa shape index (κ3) is 4.72.